The summed E-state index contributed by atoms with van der Waals surface area (Å²) in [6, 6.07) is 11.2. The lowest BCUT2D eigenvalue weighted by Crippen LogP contribution is -2.28. The Hall–Kier alpha value is -2.14. The molecule has 182 valence electrons. The number of aryl methyl sites for hydroxylation is 1. The molecule has 4 rings (SSSR count). The Kier molecular flexibility index (Phi) is 7.81. The summed E-state index contributed by atoms with van der Waals surface area (Å²) in [7, 11) is 0. The summed E-state index contributed by atoms with van der Waals surface area (Å²) in [6.45, 7) is 1.49. The predicted octanol–water partition coefficient (Wildman–Crippen LogP) is 6.66. The van der Waals surface area contributed by atoms with E-state index in [0.29, 0.717) is 46.6 Å². The van der Waals surface area contributed by atoms with Crippen LogP contribution in [-0.4, -0.2) is 37.5 Å². The first-order valence-corrected chi connectivity index (χ1v) is 12.0. The first-order valence-electron chi connectivity index (χ1n) is 11.3. The highest BCUT2D eigenvalue weighted by Crippen LogP contribution is 2.40. The maximum atomic E-state index is 12.7. The lowest BCUT2D eigenvalue weighted by Gasteiger charge is -2.25. The fraction of sp³-hybridized carbons (Fsp3) is 0.480. The lowest BCUT2D eigenvalue weighted by atomic mass is 9.82. The second-order valence-electron chi connectivity index (χ2n) is 8.94. The average Bonchev–Trinajstić information content (AvgIpc) is 3.44. The molecule has 2 unspecified atom stereocenters. The van der Waals surface area contributed by atoms with E-state index in [1.54, 1.807) is 12.1 Å². The van der Waals surface area contributed by atoms with Gasteiger partial charge < -0.3 is 14.4 Å². The molecular formula is C25H25Cl2F3N2O2. The number of likely N-dealkylation sites (tertiary alicyclic amines) is 1. The van der Waals surface area contributed by atoms with Gasteiger partial charge >= 0.3 is 6.18 Å². The molecule has 0 aliphatic carbocycles. The second kappa shape index (κ2) is 10.6. The summed E-state index contributed by atoms with van der Waals surface area (Å²) in [5, 5.41) is 10.1. The number of nitriles is 1. The summed E-state index contributed by atoms with van der Waals surface area (Å²) in [6.07, 6.45) is -1.83. The van der Waals surface area contributed by atoms with Crippen molar-refractivity contribution in [1.29, 1.82) is 5.26 Å². The Balaban J connectivity index is 1.48. The van der Waals surface area contributed by atoms with Crippen molar-refractivity contribution in [3.63, 3.8) is 0 Å². The van der Waals surface area contributed by atoms with Crippen molar-refractivity contribution >= 4 is 23.2 Å². The van der Waals surface area contributed by atoms with Gasteiger partial charge in [0.05, 0.1) is 17.0 Å². The zero-order valence-electron chi connectivity index (χ0n) is 18.5. The molecule has 0 amide bonds. The summed E-state index contributed by atoms with van der Waals surface area (Å²) in [5.41, 5.74) is 2.41. The third kappa shape index (κ3) is 6.29. The van der Waals surface area contributed by atoms with Gasteiger partial charge in [0, 0.05) is 24.2 Å². The smallest absolute Gasteiger partial charge is 0.390 e. The molecule has 0 saturated carbocycles. The van der Waals surface area contributed by atoms with Gasteiger partial charge in [-0.1, -0.05) is 29.3 Å². The summed E-state index contributed by atoms with van der Waals surface area (Å²) < 4.78 is 49.0. The molecule has 2 atom stereocenters. The second-order valence-corrected chi connectivity index (χ2v) is 9.75. The highest BCUT2D eigenvalue weighted by Gasteiger charge is 2.33. The predicted molar refractivity (Wildman–Crippen MR) is 124 cm³/mol. The summed E-state index contributed by atoms with van der Waals surface area (Å²) >= 11 is 12.7. The Morgan fingerprint density at radius 3 is 2.59 bits per heavy atom. The van der Waals surface area contributed by atoms with Crippen LogP contribution in [0.4, 0.5) is 13.2 Å². The molecule has 9 heteroatoms. The number of nitrogens with zero attached hydrogens (tertiary/aromatic N) is 2. The third-order valence-electron chi connectivity index (χ3n) is 6.67. The number of benzene rings is 2. The van der Waals surface area contributed by atoms with Crippen molar-refractivity contribution in [3.8, 4) is 17.6 Å². The fourth-order valence-corrected chi connectivity index (χ4v) is 5.27. The zero-order valence-corrected chi connectivity index (χ0v) is 20.0. The first-order chi connectivity index (χ1) is 16.2. The van der Waals surface area contributed by atoms with Gasteiger partial charge in [-0.05, 0) is 73.4 Å². The number of hydrogen-bond acceptors (Lipinski definition) is 4. The van der Waals surface area contributed by atoms with E-state index in [9.17, 15) is 13.2 Å². The molecule has 1 saturated heterocycles. The van der Waals surface area contributed by atoms with Crippen LogP contribution >= 0.6 is 23.2 Å². The Labute approximate surface area is 207 Å². The van der Waals surface area contributed by atoms with Crippen molar-refractivity contribution in [1.82, 2.24) is 4.90 Å². The number of alkyl halides is 3. The van der Waals surface area contributed by atoms with E-state index < -0.39 is 12.6 Å². The van der Waals surface area contributed by atoms with Crippen molar-refractivity contribution in [3.05, 3.63) is 57.1 Å². The molecule has 0 aromatic heterocycles. The maximum Gasteiger partial charge on any atom is 0.390 e. The van der Waals surface area contributed by atoms with Crippen LogP contribution in [0, 0.1) is 23.2 Å². The number of hydrogen-bond donors (Lipinski definition) is 0. The van der Waals surface area contributed by atoms with Crippen LogP contribution in [0.5, 0.6) is 11.5 Å². The van der Waals surface area contributed by atoms with E-state index in [2.05, 4.69) is 6.07 Å². The van der Waals surface area contributed by atoms with Gasteiger partial charge in [-0.15, -0.1) is 0 Å². The molecule has 2 aromatic carbocycles. The molecular weight excluding hydrogens is 488 g/mol. The zero-order chi connectivity index (χ0) is 24.3. The van der Waals surface area contributed by atoms with E-state index in [1.807, 2.05) is 23.1 Å². The van der Waals surface area contributed by atoms with Gasteiger partial charge in [0.25, 0.3) is 0 Å². The third-order valence-corrected chi connectivity index (χ3v) is 7.33. The van der Waals surface area contributed by atoms with Crippen LogP contribution in [0.25, 0.3) is 0 Å². The van der Waals surface area contributed by atoms with E-state index >= 15 is 0 Å². The Morgan fingerprint density at radius 1 is 1.12 bits per heavy atom. The van der Waals surface area contributed by atoms with Gasteiger partial charge in [-0.25, -0.2) is 0 Å². The van der Waals surface area contributed by atoms with E-state index in [4.69, 9.17) is 37.9 Å². The van der Waals surface area contributed by atoms with Crippen molar-refractivity contribution in [2.24, 2.45) is 11.8 Å². The highest BCUT2D eigenvalue weighted by atomic mass is 35.5. The van der Waals surface area contributed by atoms with Gasteiger partial charge in [-0.2, -0.15) is 18.4 Å². The molecule has 0 N–H and O–H groups in total. The normalized spacial score (nSPS) is 18.8. The molecule has 34 heavy (non-hydrogen) atoms. The largest absolute Gasteiger partial charge is 0.454 e. The quantitative estimate of drug-likeness (QED) is 0.396. The van der Waals surface area contributed by atoms with Gasteiger partial charge in [0.2, 0.25) is 6.79 Å². The Bertz CT molecular complexity index is 1070. The van der Waals surface area contributed by atoms with Crippen molar-refractivity contribution in [2.45, 2.75) is 38.3 Å². The monoisotopic (exact) mass is 512 g/mol. The molecule has 2 heterocycles. The minimum Gasteiger partial charge on any atom is -0.454 e. The van der Waals surface area contributed by atoms with Crippen LogP contribution in [0.2, 0.25) is 10.0 Å². The maximum absolute atomic E-state index is 12.7. The van der Waals surface area contributed by atoms with E-state index in [1.165, 1.54) is 0 Å². The van der Waals surface area contributed by atoms with Crippen LogP contribution in [0.3, 0.4) is 0 Å². The summed E-state index contributed by atoms with van der Waals surface area (Å²) in [4.78, 5) is 1.91. The average molecular weight is 513 g/mol. The van der Waals surface area contributed by atoms with Gasteiger partial charge in [0.1, 0.15) is 6.07 Å². The van der Waals surface area contributed by atoms with Crippen LogP contribution in [0.1, 0.15) is 36.0 Å². The fourth-order valence-electron chi connectivity index (χ4n) is 4.79. The number of ether oxygens (including phenoxy) is 2. The molecule has 4 nitrogen and oxygen atoms in total. The van der Waals surface area contributed by atoms with Crippen LogP contribution in [0.15, 0.2) is 30.3 Å². The number of rotatable bonds is 8. The first kappa shape index (κ1) is 25.0. The van der Waals surface area contributed by atoms with E-state index in [-0.39, 0.29) is 25.2 Å². The number of fused-ring (bicyclic) bond motifs is 1. The molecule has 0 spiro atoms. The number of halogens is 5. The summed E-state index contributed by atoms with van der Waals surface area (Å²) in [5.74, 6) is 1.75. The molecule has 1 fully saturated rings. The molecule has 0 radical (unpaired) electrons. The van der Waals surface area contributed by atoms with Crippen LogP contribution < -0.4 is 9.47 Å². The topological polar surface area (TPSA) is 45.5 Å². The van der Waals surface area contributed by atoms with Crippen molar-refractivity contribution < 1.29 is 22.6 Å². The highest BCUT2D eigenvalue weighted by molar-refractivity contribution is 6.32. The molecule has 0 bridgehead atoms. The Morgan fingerprint density at radius 2 is 1.88 bits per heavy atom. The molecule has 2 aliphatic heterocycles. The lowest BCUT2D eigenvalue weighted by molar-refractivity contribution is -0.137. The van der Waals surface area contributed by atoms with Gasteiger partial charge in [-0.3, -0.25) is 0 Å². The van der Waals surface area contributed by atoms with Gasteiger partial charge in [0.15, 0.2) is 11.5 Å². The minimum absolute atomic E-state index is 0.0305. The molecule has 2 aliphatic rings. The minimum atomic E-state index is -4.15. The standard InChI is InChI=1S/C25H25Cl2F3N2O2/c26-21-9-16(2-4-18(21)13-31)1-3-17(19-5-7-32(14-19)8-6-25(28,29)30)10-20-11-23-24(12-22(20)27)34-15-33-23/h2,4,9,11-12,17,19H,1,3,5-8,10,14-15H2. The van der Waals surface area contributed by atoms with E-state index in [0.717, 1.165) is 30.4 Å². The van der Waals surface area contributed by atoms with Crippen LogP contribution in [-0.2, 0) is 12.8 Å². The SMILES string of the molecule is N#Cc1ccc(CCC(Cc2cc3c(cc2Cl)OCO3)C2CCN(CCC(F)(F)F)C2)cc1Cl. The van der Waals surface area contributed by atoms with Crippen molar-refractivity contribution in [2.75, 3.05) is 26.4 Å². The molecule has 2 aromatic rings.